The summed E-state index contributed by atoms with van der Waals surface area (Å²) in [7, 11) is 0. The van der Waals surface area contributed by atoms with Gasteiger partial charge >= 0.3 is 0 Å². The second-order valence-electron chi connectivity index (χ2n) is 4.77. The van der Waals surface area contributed by atoms with Crippen molar-refractivity contribution in [2.45, 2.75) is 6.42 Å². The minimum atomic E-state index is -0.496. The third kappa shape index (κ3) is 3.41. The molecule has 3 rings (SSSR count). The topological polar surface area (TPSA) is 114 Å². The molecule has 0 radical (unpaired) electrons. The van der Waals surface area contributed by atoms with Crippen LogP contribution in [0, 0.1) is 10.1 Å². The standard InChI is InChI=1S/C15H11N5O3S/c21-19-13(10-3-1-5-12(7-10)20(22)23)8-14-17-18-15(24-14)11-4-2-6-16-9-11/h1-7,9,21H,8H2/b19-13+. The summed E-state index contributed by atoms with van der Waals surface area (Å²) < 4.78 is 0. The molecule has 2 aromatic heterocycles. The molecule has 24 heavy (non-hydrogen) atoms. The lowest BCUT2D eigenvalue weighted by Gasteiger charge is -2.02. The maximum absolute atomic E-state index is 10.9. The van der Waals surface area contributed by atoms with Gasteiger partial charge in [-0.15, -0.1) is 10.2 Å². The number of hydrogen-bond donors (Lipinski definition) is 1. The number of nitrogens with zero attached hydrogens (tertiary/aromatic N) is 5. The molecule has 3 aromatic rings. The Morgan fingerprint density at radius 1 is 1.29 bits per heavy atom. The molecule has 0 aliphatic rings. The second-order valence-corrected chi connectivity index (χ2v) is 5.84. The van der Waals surface area contributed by atoms with Crippen molar-refractivity contribution in [3.63, 3.8) is 0 Å². The van der Waals surface area contributed by atoms with Gasteiger partial charge in [-0.05, 0) is 12.1 Å². The molecule has 0 saturated heterocycles. The molecule has 0 aliphatic heterocycles. The Bertz CT molecular complexity index is 895. The third-order valence-electron chi connectivity index (χ3n) is 3.20. The van der Waals surface area contributed by atoms with Gasteiger partial charge in [0.15, 0.2) is 0 Å². The summed E-state index contributed by atoms with van der Waals surface area (Å²) in [6.45, 7) is 0. The van der Waals surface area contributed by atoms with E-state index in [9.17, 15) is 15.3 Å². The van der Waals surface area contributed by atoms with Crippen molar-refractivity contribution in [3.05, 3.63) is 69.5 Å². The highest BCUT2D eigenvalue weighted by atomic mass is 32.1. The molecular weight excluding hydrogens is 330 g/mol. The van der Waals surface area contributed by atoms with Crippen LogP contribution in [0.5, 0.6) is 0 Å². The van der Waals surface area contributed by atoms with E-state index in [1.54, 1.807) is 30.6 Å². The van der Waals surface area contributed by atoms with E-state index in [2.05, 4.69) is 20.3 Å². The molecule has 2 heterocycles. The highest BCUT2D eigenvalue weighted by molar-refractivity contribution is 7.14. The van der Waals surface area contributed by atoms with E-state index in [0.29, 0.717) is 15.6 Å². The summed E-state index contributed by atoms with van der Waals surface area (Å²) in [5.41, 5.74) is 1.53. The molecule has 0 fully saturated rings. The minimum absolute atomic E-state index is 0.0676. The van der Waals surface area contributed by atoms with Gasteiger partial charge in [0.2, 0.25) is 0 Å². The molecule has 0 unspecified atom stereocenters. The summed E-state index contributed by atoms with van der Waals surface area (Å²) in [6.07, 6.45) is 3.58. The largest absolute Gasteiger partial charge is 0.411 e. The van der Waals surface area contributed by atoms with E-state index in [1.807, 2.05) is 6.07 Å². The summed E-state index contributed by atoms with van der Waals surface area (Å²) in [5.74, 6) is 0. The molecule has 120 valence electrons. The number of nitro benzene ring substituents is 1. The van der Waals surface area contributed by atoms with Gasteiger partial charge in [-0.3, -0.25) is 15.1 Å². The van der Waals surface area contributed by atoms with Gasteiger partial charge < -0.3 is 5.21 Å². The molecule has 8 nitrogen and oxygen atoms in total. The predicted octanol–water partition coefficient (Wildman–Crippen LogP) is 2.93. The zero-order chi connectivity index (χ0) is 16.9. The van der Waals surface area contributed by atoms with Gasteiger partial charge in [-0.25, -0.2) is 0 Å². The number of benzene rings is 1. The highest BCUT2D eigenvalue weighted by Crippen LogP contribution is 2.24. The first-order valence-electron chi connectivity index (χ1n) is 6.86. The molecule has 0 aliphatic carbocycles. The Hall–Kier alpha value is -3.20. The smallest absolute Gasteiger partial charge is 0.270 e. The molecule has 1 N–H and O–H groups in total. The number of rotatable bonds is 5. The van der Waals surface area contributed by atoms with Gasteiger partial charge in [0.25, 0.3) is 5.69 Å². The van der Waals surface area contributed by atoms with Crippen molar-refractivity contribution in [1.29, 1.82) is 0 Å². The molecule has 0 spiro atoms. The number of pyridine rings is 1. The van der Waals surface area contributed by atoms with Crippen molar-refractivity contribution in [3.8, 4) is 10.6 Å². The van der Waals surface area contributed by atoms with Crippen LogP contribution in [0.15, 0.2) is 53.9 Å². The molecule has 0 bridgehead atoms. The zero-order valence-electron chi connectivity index (χ0n) is 12.2. The van der Waals surface area contributed by atoms with Crippen LogP contribution in [0.3, 0.4) is 0 Å². The zero-order valence-corrected chi connectivity index (χ0v) is 13.1. The molecule has 0 atom stereocenters. The fourth-order valence-electron chi connectivity index (χ4n) is 2.07. The number of hydrogen-bond acceptors (Lipinski definition) is 8. The fourth-order valence-corrected chi connectivity index (χ4v) is 2.90. The quantitative estimate of drug-likeness (QED) is 0.330. The van der Waals surface area contributed by atoms with E-state index >= 15 is 0 Å². The molecule has 0 amide bonds. The number of aromatic nitrogens is 3. The van der Waals surface area contributed by atoms with Gasteiger partial charge in [-0.2, -0.15) is 0 Å². The maximum atomic E-state index is 10.9. The van der Waals surface area contributed by atoms with E-state index in [0.717, 1.165) is 5.56 Å². The Labute approximate surface area is 140 Å². The number of non-ortho nitro benzene ring substituents is 1. The Morgan fingerprint density at radius 3 is 2.88 bits per heavy atom. The van der Waals surface area contributed by atoms with Crippen LogP contribution < -0.4 is 0 Å². The first-order valence-corrected chi connectivity index (χ1v) is 7.67. The van der Waals surface area contributed by atoms with Crippen LogP contribution in [0.1, 0.15) is 10.6 Å². The average Bonchev–Trinajstić information content (AvgIpc) is 3.09. The second kappa shape index (κ2) is 6.92. The van der Waals surface area contributed by atoms with Crippen LogP contribution in [-0.2, 0) is 6.42 Å². The first-order chi connectivity index (χ1) is 11.7. The molecule has 9 heteroatoms. The molecule has 0 saturated carbocycles. The van der Waals surface area contributed by atoms with E-state index in [1.165, 1.54) is 23.5 Å². The van der Waals surface area contributed by atoms with E-state index < -0.39 is 4.92 Å². The van der Waals surface area contributed by atoms with Gasteiger partial charge in [-0.1, -0.05) is 28.6 Å². The van der Waals surface area contributed by atoms with Crippen LogP contribution in [0.4, 0.5) is 5.69 Å². The van der Waals surface area contributed by atoms with Crippen molar-refractivity contribution in [2.75, 3.05) is 0 Å². The third-order valence-corrected chi connectivity index (χ3v) is 4.18. The Balaban J connectivity index is 1.83. The van der Waals surface area contributed by atoms with Crippen LogP contribution in [-0.4, -0.2) is 31.0 Å². The summed E-state index contributed by atoms with van der Waals surface area (Å²) in [5, 5.41) is 32.9. The minimum Gasteiger partial charge on any atom is -0.411 e. The lowest BCUT2D eigenvalue weighted by molar-refractivity contribution is -0.384. The lowest BCUT2D eigenvalue weighted by atomic mass is 10.1. The van der Waals surface area contributed by atoms with Gasteiger partial charge in [0, 0.05) is 42.1 Å². The van der Waals surface area contributed by atoms with Crippen molar-refractivity contribution >= 4 is 22.7 Å². The van der Waals surface area contributed by atoms with Crippen LogP contribution >= 0.6 is 11.3 Å². The number of nitro groups is 1. The Morgan fingerprint density at radius 2 is 2.17 bits per heavy atom. The van der Waals surface area contributed by atoms with Crippen molar-refractivity contribution in [1.82, 2.24) is 15.2 Å². The van der Waals surface area contributed by atoms with Crippen molar-refractivity contribution in [2.24, 2.45) is 5.16 Å². The van der Waals surface area contributed by atoms with Gasteiger partial charge in [0.1, 0.15) is 10.0 Å². The monoisotopic (exact) mass is 341 g/mol. The fraction of sp³-hybridized carbons (Fsp3) is 0.0667. The normalized spacial score (nSPS) is 11.4. The van der Waals surface area contributed by atoms with Gasteiger partial charge in [0.05, 0.1) is 10.6 Å². The maximum Gasteiger partial charge on any atom is 0.270 e. The SMILES string of the molecule is O=[N+]([O-])c1cccc(/C(Cc2nnc(-c3cccnc3)s2)=N/O)c1. The highest BCUT2D eigenvalue weighted by Gasteiger charge is 2.14. The van der Waals surface area contributed by atoms with E-state index in [4.69, 9.17) is 0 Å². The summed E-state index contributed by atoms with van der Waals surface area (Å²) in [4.78, 5) is 14.4. The Kier molecular flexibility index (Phi) is 4.52. The van der Waals surface area contributed by atoms with Crippen molar-refractivity contribution < 1.29 is 10.1 Å². The lowest BCUT2D eigenvalue weighted by Crippen LogP contribution is -2.06. The van der Waals surface area contributed by atoms with E-state index in [-0.39, 0.29) is 17.8 Å². The first kappa shape index (κ1) is 15.7. The predicted molar refractivity (Wildman–Crippen MR) is 88.3 cm³/mol. The van der Waals surface area contributed by atoms with Crippen LogP contribution in [0.2, 0.25) is 0 Å². The number of oxime groups is 1. The average molecular weight is 341 g/mol. The summed E-state index contributed by atoms with van der Waals surface area (Å²) >= 11 is 1.35. The molecular formula is C15H11N5O3S. The molecule has 1 aromatic carbocycles. The summed E-state index contributed by atoms with van der Waals surface area (Å²) in [6, 6.07) is 9.60. The van der Waals surface area contributed by atoms with Crippen LogP contribution in [0.25, 0.3) is 10.6 Å².